The minimum Gasteiger partial charge on any atom is -0.497 e. The van der Waals surface area contributed by atoms with Crippen molar-refractivity contribution in [2.24, 2.45) is 0 Å². The van der Waals surface area contributed by atoms with E-state index in [0.29, 0.717) is 12.1 Å². The van der Waals surface area contributed by atoms with Gasteiger partial charge in [-0.15, -0.1) is 0 Å². The van der Waals surface area contributed by atoms with Crippen molar-refractivity contribution in [2.45, 2.75) is 38.9 Å². The van der Waals surface area contributed by atoms with Crippen LogP contribution in [-0.4, -0.2) is 25.2 Å². The third-order valence-corrected chi connectivity index (χ3v) is 4.86. The molecule has 1 aliphatic heterocycles. The third-order valence-electron chi connectivity index (χ3n) is 4.86. The van der Waals surface area contributed by atoms with Gasteiger partial charge in [-0.05, 0) is 37.5 Å². The van der Waals surface area contributed by atoms with Gasteiger partial charge in [0.2, 0.25) is 0 Å². The Hall–Kier alpha value is -2.00. The highest BCUT2D eigenvalue weighted by Gasteiger charge is 2.32. The summed E-state index contributed by atoms with van der Waals surface area (Å²) in [6.45, 7) is 5.53. The Balaban J connectivity index is 1.96. The van der Waals surface area contributed by atoms with E-state index >= 15 is 0 Å². The Morgan fingerprint density at radius 3 is 2.43 bits per heavy atom. The molecule has 2 aromatic rings. The van der Waals surface area contributed by atoms with E-state index in [-0.39, 0.29) is 0 Å². The molecule has 1 heterocycles. The lowest BCUT2D eigenvalue weighted by Crippen LogP contribution is -2.40. The van der Waals surface area contributed by atoms with Gasteiger partial charge in [0.15, 0.2) is 0 Å². The molecule has 3 rings (SSSR count). The zero-order valence-electron chi connectivity index (χ0n) is 14.4. The zero-order chi connectivity index (χ0) is 16.4. The van der Waals surface area contributed by atoms with Crippen LogP contribution in [-0.2, 0) is 13.0 Å². The molecule has 2 aromatic carbocycles. The van der Waals surface area contributed by atoms with Crippen LogP contribution in [0.2, 0.25) is 0 Å². The molecule has 0 fully saturated rings. The molecule has 122 valence electrons. The van der Waals surface area contributed by atoms with Crippen LogP contribution >= 0.6 is 0 Å². The number of nitrogens with zero attached hydrogens (tertiary/aromatic N) is 1. The minimum atomic E-state index is 0.315. The molecule has 0 N–H and O–H groups in total. The summed E-state index contributed by atoms with van der Waals surface area (Å²) in [5.41, 5.74) is 3.98. The normalized spacial score (nSPS) is 20.9. The lowest BCUT2D eigenvalue weighted by molar-refractivity contribution is 0.126. The summed E-state index contributed by atoms with van der Waals surface area (Å²) in [5, 5.41) is 0. The van der Waals surface area contributed by atoms with Gasteiger partial charge in [-0.3, -0.25) is 4.90 Å². The van der Waals surface area contributed by atoms with Crippen molar-refractivity contribution in [3.8, 4) is 11.5 Å². The van der Waals surface area contributed by atoms with Gasteiger partial charge in [0.25, 0.3) is 0 Å². The smallest absolute Gasteiger partial charge is 0.127 e. The average molecular weight is 311 g/mol. The topological polar surface area (TPSA) is 21.7 Å². The highest BCUT2D eigenvalue weighted by Crippen LogP contribution is 2.41. The van der Waals surface area contributed by atoms with E-state index in [9.17, 15) is 0 Å². The standard InChI is InChI=1S/C20H25NO2/c1-14-10-17-11-18(22-3)12-19(23-4)20(17)15(2)21(14)13-16-8-6-5-7-9-16/h5-9,11-12,14-15H,10,13H2,1-4H3/t14-,15+/m0/s1. The van der Waals surface area contributed by atoms with Crippen molar-refractivity contribution in [3.05, 3.63) is 59.2 Å². The summed E-state index contributed by atoms with van der Waals surface area (Å²) in [6.07, 6.45) is 1.01. The molecule has 0 spiro atoms. The number of hydrogen-bond acceptors (Lipinski definition) is 3. The van der Waals surface area contributed by atoms with E-state index in [4.69, 9.17) is 9.47 Å². The van der Waals surface area contributed by atoms with E-state index in [1.807, 2.05) is 6.07 Å². The largest absolute Gasteiger partial charge is 0.497 e. The molecule has 0 amide bonds. The Kier molecular flexibility index (Phi) is 4.58. The maximum absolute atomic E-state index is 5.65. The van der Waals surface area contributed by atoms with Gasteiger partial charge in [-0.1, -0.05) is 30.3 Å². The molecule has 2 atom stereocenters. The van der Waals surface area contributed by atoms with Crippen molar-refractivity contribution in [2.75, 3.05) is 14.2 Å². The van der Waals surface area contributed by atoms with Gasteiger partial charge in [-0.2, -0.15) is 0 Å². The fourth-order valence-electron chi connectivity index (χ4n) is 3.66. The van der Waals surface area contributed by atoms with Crippen molar-refractivity contribution in [1.29, 1.82) is 0 Å². The molecular weight excluding hydrogens is 286 g/mol. The fourth-order valence-corrected chi connectivity index (χ4v) is 3.66. The quantitative estimate of drug-likeness (QED) is 0.844. The Labute approximate surface area is 138 Å². The highest BCUT2D eigenvalue weighted by atomic mass is 16.5. The predicted molar refractivity (Wildman–Crippen MR) is 93.1 cm³/mol. The van der Waals surface area contributed by atoms with Crippen LogP contribution in [0.1, 0.15) is 36.6 Å². The zero-order valence-corrected chi connectivity index (χ0v) is 14.4. The number of hydrogen-bond donors (Lipinski definition) is 0. The molecular formula is C20H25NO2. The second-order valence-electron chi connectivity index (χ2n) is 6.29. The van der Waals surface area contributed by atoms with Crippen molar-refractivity contribution >= 4 is 0 Å². The maximum atomic E-state index is 5.65. The van der Waals surface area contributed by atoms with E-state index in [1.54, 1.807) is 14.2 Å². The molecule has 0 radical (unpaired) electrons. The van der Waals surface area contributed by atoms with Crippen molar-refractivity contribution < 1.29 is 9.47 Å². The minimum absolute atomic E-state index is 0.315. The number of fused-ring (bicyclic) bond motifs is 1. The lowest BCUT2D eigenvalue weighted by atomic mass is 9.88. The first kappa shape index (κ1) is 15.9. The fraction of sp³-hybridized carbons (Fsp3) is 0.400. The molecule has 0 aliphatic carbocycles. The van der Waals surface area contributed by atoms with Crippen LogP contribution in [0.5, 0.6) is 11.5 Å². The second-order valence-corrected chi connectivity index (χ2v) is 6.29. The van der Waals surface area contributed by atoms with Gasteiger partial charge >= 0.3 is 0 Å². The number of methoxy groups -OCH3 is 2. The molecule has 1 aliphatic rings. The molecule has 0 aromatic heterocycles. The predicted octanol–water partition coefficient (Wildman–Crippen LogP) is 4.21. The van der Waals surface area contributed by atoms with E-state index in [1.165, 1.54) is 16.7 Å². The summed E-state index contributed by atoms with van der Waals surface area (Å²) >= 11 is 0. The summed E-state index contributed by atoms with van der Waals surface area (Å²) in [7, 11) is 3.44. The van der Waals surface area contributed by atoms with Crippen LogP contribution < -0.4 is 9.47 Å². The summed E-state index contributed by atoms with van der Waals surface area (Å²) < 4.78 is 11.1. The monoisotopic (exact) mass is 311 g/mol. The van der Waals surface area contributed by atoms with E-state index in [0.717, 1.165) is 24.5 Å². The van der Waals surface area contributed by atoms with E-state index < -0.39 is 0 Å². The first-order chi connectivity index (χ1) is 11.1. The van der Waals surface area contributed by atoms with Crippen LogP contribution in [0.4, 0.5) is 0 Å². The first-order valence-electron chi connectivity index (χ1n) is 8.18. The summed E-state index contributed by atoms with van der Waals surface area (Å²) in [5.74, 6) is 1.80. The van der Waals surface area contributed by atoms with Gasteiger partial charge in [0.05, 0.1) is 14.2 Å². The second kappa shape index (κ2) is 6.63. The van der Waals surface area contributed by atoms with Gasteiger partial charge in [-0.25, -0.2) is 0 Å². The molecule has 3 heteroatoms. The van der Waals surface area contributed by atoms with Gasteiger partial charge < -0.3 is 9.47 Å². The Morgan fingerprint density at radius 2 is 1.78 bits per heavy atom. The number of ether oxygens (including phenoxy) is 2. The van der Waals surface area contributed by atoms with Crippen LogP contribution in [0, 0.1) is 0 Å². The van der Waals surface area contributed by atoms with Crippen LogP contribution in [0.3, 0.4) is 0 Å². The summed E-state index contributed by atoms with van der Waals surface area (Å²) in [4.78, 5) is 2.55. The van der Waals surface area contributed by atoms with Crippen LogP contribution in [0.15, 0.2) is 42.5 Å². The Bertz CT molecular complexity index is 669. The van der Waals surface area contributed by atoms with E-state index in [2.05, 4.69) is 55.1 Å². The van der Waals surface area contributed by atoms with Crippen molar-refractivity contribution in [3.63, 3.8) is 0 Å². The van der Waals surface area contributed by atoms with Crippen molar-refractivity contribution in [1.82, 2.24) is 4.90 Å². The third kappa shape index (κ3) is 3.06. The van der Waals surface area contributed by atoms with Gasteiger partial charge in [0, 0.05) is 30.3 Å². The molecule has 23 heavy (non-hydrogen) atoms. The molecule has 0 bridgehead atoms. The average Bonchev–Trinajstić information content (AvgIpc) is 2.58. The van der Waals surface area contributed by atoms with Crippen LogP contribution in [0.25, 0.3) is 0 Å². The maximum Gasteiger partial charge on any atom is 0.127 e. The number of benzene rings is 2. The van der Waals surface area contributed by atoms with Gasteiger partial charge in [0.1, 0.15) is 11.5 Å². The number of rotatable bonds is 4. The Morgan fingerprint density at radius 1 is 1.04 bits per heavy atom. The molecule has 0 saturated carbocycles. The first-order valence-corrected chi connectivity index (χ1v) is 8.18. The highest BCUT2D eigenvalue weighted by molar-refractivity contribution is 5.50. The molecule has 3 nitrogen and oxygen atoms in total. The summed E-state index contributed by atoms with van der Waals surface area (Å²) in [6, 6.07) is 15.6. The lowest BCUT2D eigenvalue weighted by Gasteiger charge is -2.41. The molecule has 0 unspecified atom stereocenters. The molecule has 0 saturated heterocycles. The SMILES string of the molecule is COc1cc2c(c(OC)c1)[C@@H](C)N(Cc1ccccc1)[C@@H](C)C2.